The molecule has 0 aliphatic carbocycles. The van der Waals surface area contributed by atoms with Gasteiger partial charge in [0.05, 0.1) is 17.3 Å². The van der Waals surface area contributed by atoms with Gasteiger partial charge in [-0.3, -0.25) is 9.36 Å². The molecule has 1 atom stereocenters. The number of nitrogens with zero attached hydrogens (tertiary/aromatic N) is 4. The second-order valence-electron chi connectivity index (χ2n) is 7.06. The normalized spacial score (nSPS) is 14.8. The summed E-state index contributed by atoms with van der Waals surface area (Å²) < 4.78 is 7.18. The first-order valence-corrected chi connectivity index (χ1v) is 8.87. The topological polar surface area (TPSA) is 160 Å². The summed E-state index contributed by atoms with van der Waals surface area (Å²) in [5.74, 6) is 0.478. The molecule has 0 spiro atoms. The summed E-state index contributed by atoms with van der Waals surface area (Å²) in [6.45, 7) is 2.82. The van der Waals surface area contributed by atoms with Crippen molar-refractivity contribution < 1.29 is 24.6 Å². The number of benzene rings is 1. The van der Waals surface area contributed by atoms with Crippen molar-refractivity contribution in [2.24, 2.45) is 0 Å². The standard InChI is InChI=1S/C19H16N4O8/c1-19(2)9-15(14-7-12(10-20)3-4-16(14)30-19)21-6-5-13(8-18(21)24)17(31-23(27)28)11-29-22(25)26/h3-9,17H,11H2,1-2H3. The van der Waals surface area contributed by atoms with E-state index in [2.05, 4.69) is 9.68 Å². The molecule has 1 aromatic heterocycles. The molecule has 0 saturated heterocycles. The van der Waals surface area contributed by atoms with E-state index < -0.39 is 34.0 Å². The van der Waals surface area contributed by atoms with Gasteiger partial charge >= 0.3 is 0 Å². The summed E-state index contributed by atoms with van der Waals surface area (Å²) in [5, 5.41) is 28.1. The molecule has 1 unspecified atom stereocenters. The van der Waals surface area contributed by atoms with Gasteiger partial charge in [-0.1, -0.05) is 0 Å². The Labute approximate surface area is 174 Å². The number of hydrogen-bond acceptors (Lipinski definition) is 9. The van der Waals surface area contributed by atoms with Crippen LogP contribution in [-0.4, -0.2) is 26.9 Å². The number of nitriles is 1. The summed E-state index contributed by atoms with van der Waals surface area (Å²) in [6.07, 6.45) is 1.59. The highest BCUT2D eigenvalue weighted by atomic mass is 17.0. The molecule has 0 bridgehead atoms. The monoisotopic (exact) mass is 428 g/mol. The molecule has 2 heterocycles. The van der Waals surface area contributed by atoms with Gasteiger partial charge in [0.15, 0.2) is 6.10 Å². The molecule has 160 valence electrons. The molecule has 0 N–H and O–H groups in total. The maximum Gasteiger partial charge on any atom is 0.295 e. The molecular weight excluding hydrogens is 412 g/mol. The fourth-order valence-electron chi connectivity index (χ4n) is 3.12. The first-order chi connectivity index (χ1) is 14.6. The minimum Gasteiger partial charge on any atom is -0.483 e. The van der Waals surface area contributed by atoms with Crippen molar-refractivity contribution in [2.45, 2.75) is 25.6 Å². The Kier molecular flexibility index (Phi) is 5.60. The molecule has 1 aliphatic heterocycles. The lowest BCUT2D eigenvalue weighted by atomic mass is 9.97. The van der Waals surface area contributed by atoms with Crippen LogP contribution in [0.3, 0.4) is 0 Å². The minimum atomic E-state index is -1.47. The maximum absolute atomic E-state index is 12.9. The van der Waals surface area contributed by atoms with Gasteiger partial charge in [-0.05, 0) is 49.8 Å². The van der Waals surface area contributed by atoms with E-state index in [-0.39, 0.29) is 5.56 Å². The second-order valence-corrected chi connectivity index (χ2v) is 7.06. The molecule has 2 aromatic rings. The van der Waals surface area contributed by atoms with E-state index in [1.165, 1.54) is 16.8 Å². The molecule has 3 rings (SSSR count). The van der Waals surface area contributed by atoms with E-state index in [9.17, 15) is 30.3 Å². The lowest BCUT2D eigenvalue weighted by Crippen LogP contribution is -2.32. The molecule has 0 saturated carbocycles. The van der Waals surface area contributed by atoms with Gasteiger partial charge in [-0.15, -0.1) is 20.2 Å². The van der Waals surface area contributed by atoms with E-state index in [0.717, 1.165) is 6.07 Å². The summed E-state index contributed by atoms with van der Waals surface area (Å²) in [5.41, 5.74) is 0.0292. The van der Waals surface area contributed by atoms with E-state index in [1.54, 1.807) is 38.1 Å². The Bertz CT molecular complexity index is 1180. The van der Waals surface area contributed by atoms with E-state index in [1.807, 2.05) is 6.07 Å². The summed E-state index contributed by atoms with van der Waals surface area (Å²) in [4.78, 5) is 42.6. The largest absolute Gasteiger partial charge is 0.483 e. The predicted octanol–water partition coefficient (Wildman–Crippen LogP) is 2.24. The Morgan fingerprint density at radius 1 is 1.23 bits per heavy atom. The van der Waals surface area contributed by atoms with Gasteiger partial charge in [0.2, 0.25) is 0 Å². The average molecular weight is 428 g/mol. The fraction of sp³-hybridized carbons (Fsp3) is 0.263. The molecule has 1 aliphatic rings. The second kappa shape index (κ2) is 8.15. The van der Waals surface area contributed by atoms with Crippen LogP contribution < -0.4 is 10.3 Å². The summed E-state index contributed by atoms with van der Waals surface area (Å²) in [7, 11) is 0. The highest BCUT2D eigenvalue weighted by molar-refractivity contribution is 5.74. The molecule has 12 heteroatoms. The zero-order chi connectivity index (χ0) is 22.8. The van der Waals surface area contributed by atoms with Gasteiger partial charge < -0.3 is 14.4 Å². The Balaban J connectivity index is 2.05. The number of pyridine rings is 1. The minimum absolute atomic E-state index is 0.0257. The third-order valence-electron chi connectivity index (χ3n) is 4.36. The number of aromatic nitrogens is 1. The quantitative estimate of drug-likeness (QED) is 0.476. The molecule has 1 aromatic carbocycles. The first kappa shape index (κ1) is 21.3. The van der Waals surface area contributed by atoms with Crippen LogP contribution in [0, 0.1) is 31.6 Å². The van der Waals surface area contributed by atoms with Gasteiger partial charge in [0.1, 0.15) is 18.0 Å². The maximum atomic E-state index is 12.9. The molecule has 0 fully saturated rings. The predicted molar refractivity (Wildman–Crippen MR) is 104 cm³/mol. The molecule has 31 heavy (non-hydrogen) atoms. The number of rotatable bonds is 7. The smallest absolute Gasteiger partial charge is 0.295 e. The van der Waals surface area contributed by atoms with E-state index in [4.69, 9.17) is 4.74 Å². The summed E-state index contributed by atoms with van der Waals surface area (Å²) >= 11 is 0. The highest BCUT2D eigenvalue weighted by Gasteiger charge is 2.28. The summed E-state index contributed by atoms with van der Waals surface area (Å²) in [6, 6.07) is 9.27. The van der Waals surface area contributed by atoms with Crippen LogP contribution in [-0.2, 0) is 9.68 Å². The Hall–Kier alpha value is -4.40. The van der Waals surface area contributed by atoms with Crippen LogP contribution >= 0.6 is 0 Å². The number of ether oxygens (including phenoxy) is 1. The van der Waals surface area contributed by atoms with Crippen molar-refractivity contribution in [1.82, 2.24) is 4.57 Å². The first-order valence-electron chi connectivity index (χ1n) is 8.87. The Morgan fingerprint density at radius 3 is 2.58 bits per heavy atom. The molecular formula is C19H16N4O8. The van der Waals surface area contributed by atoms with Crippen molar-refractivity contribution in [3.63, 3.8) is 0 Å². The van der Waals surface area contributed by atoms with E-state index >= 15 is 0 Å². The lowest BCUT2D eigenvalue weighted by molar-refractivity contribution is -0.792. The van der Waals surface area contributed by atoms with Crippen molar-refractivity contribution in [3.8, 4) is 11.8 Å². The van der Waals surface area contributed by atoms with Crippen molar-refractivity contribution in [2.75, 3.05) is 6.61 Å². The van der Waals surface area contributed by atoms with Crippen LogP contribution in [0.25, 0.3) is 5.70 Å². The SMILES string of the molecule is CC1(C)C=C(n2ccc(C(CO[N+](=O)[O-])O[N+](=O)[O-])cc2=O)c2cc(C#N)ccc2O1. The van der Waals surface area contributed by atoms with Gasteiger partial charge in [0.25, 0.3) is 15.7 Å². The average Bonchev–Trinajstić information content (AvgIpc) is 2.69. The van der Waals surface area contributed by atoms with Crippen LogP contribution in [0.5, 0.6) is 5.75 Å². The van der Waals surface area contributed by atoms with Crippen molar-refractivity contribution in [3.05, 3.63) is 89.9 Å². The molecule has 0 amide bonds. The third kappa shape index (κ3) is 4.78. The number of hydrogen-bond donors (Lipinski definition) is 0. The highest BCUT2D eigenvalue weighted by Crippen LogP contribution is 2.37. The lowest BCUT2D eigenvalue weighted by Gasteiger charge is -2.31. The number of fused-ring (bicyclic) bond motifs is 1. The van der Waals surface area contributed by atoms with Gasteiger partial charge in [-0.25, -0.2) is 0 Å². The van der Waals surface area contributed by atoms with Crippen molar-refractivity contribution >= 4 is 5.70 Å². The van der Waals surface area contributed by atoms with Crippen molar-refractivity contribution in [1.29, 1.82) is 5.26 Å². The van der Waals surface area contributed by atoms with Crippen LogP contribution in [0.2, 0.25) is 0 Å². The molecule has 12 nitrogen and oxygen atoms in total. The fourth-order valence-corrected chi connectivity index (χ4v) is 3.12. The zero-order valence-corrected chi connectivity index (χ0v) is 16.4. The third-order valence-corrected chi connectivity index (χ3v) is 4.36. The Morgan fingerprint density at radius 2 is 1.97 bits per heavy atom. The van der Waals surface area contributed by atoms with Crippen LogP contribution in [0.4, 0.5) is 0 Å². The molecule has 0 radical (unpaired) electrons. The van der Waals surface area contributed by atoms with Gasteiger partial charge in [-0.2, -0.15) is 5.26 Å². The van der Waals surface area contributed by atoms with Crippen LogP contribution in [0.15, 0.2) is 47.4 Å². The van der Waals surface area contributed by atoms with Gasteiger partial charge in [0, 0.05) is 17.8 Å². The zero-order valence-electron chi connectivity index (χ0n) is 16.4. The van der Waals surface area contributed by atoms with E-state index in [0.29, 0.717) is 22.6 Å². The van der Waals surface area contributed by atoms with Crippen LogP contribution in [0.1, 0.15) is 36.6 Å².